The third kappa shape index (κ3) is 5.49. The van der Waals surface area contributed by atoms with E-state index in [-0.39, 0.29) is 11.9 Å². The number of hydrogen-bond acceptors (Lipinski definition) is 4. The zero-order valence-corrected chi connectivity index (χ0v) is 21.0. The van der Waals surface area contributed by atoms with E-state index in [1.807, 2.05) is 30.3 Å². The van der Waals surface area contributed by atoms with Crippen molar-refractivity contribution in [2.24, 2.45) is 0 Å². The fourth-order valence-electron chi connectivity index (χ4n) is 2.92. The van der Waals surface area contributed by atoms with E-state index in [0.29, 0.717) is 22.7 Å². The second-order valence-electron chi connectivity index (χ2n) is 8.27. The number of hydrogen-bond donors (Lipinski definition) is 0. The first-order valence-corrected chi connectivity index (χ1v) is 16.0. The Labute approximate surface area is 186 Å². The van der Waals surface area contributed by atoms with E-state index < -0.39 is 17.9 Å². The zero-order chi connectivity index (χ0) is 21.4. The van der Waals surface area contributed by atoms with Crippen LogP contribution in [-0.4, -0.2) is 38.9 Å². The first kappa shape index (κ1) is 22.5. The van der Waals surface area contributed by atoms with Gasteiger partial charge in [-0.1, -0.05) is 59.3 Å². The number of halogens is 2. The van der Waals surface area contributed by atoms with Gasteiger partial charge in [-0.05, 0) is 35.9 Å². The number of fused-ring (bicyclic) bond motifs is 1. The average molecular weight is 516 g/mol. The molecule has 0 N–H and O–H groups in total. The maximum atomic E-state index is 12.3. The van der Waals surface area contributed by atoms with Gasteiger partial charge in [0.15, 0.2) is 0 Å². The second-order valence-corrected chi connectivity index (χ2v) is 17.1. The van der Waals surface area contributed by atoms with Crippen molar-refractivity contribution in [1.82, 2.24) is 9.55 Å². The molecule has 0 aliphatic carbocycles. The lowest BCUT2D eigenvalue weighted by molar-refractivity contribution is 0.0838. The molecule has 29 heavy (non-hydrogen) atoms. The molecule has 156 valence electrons. The fraction of sp³-hybridized carbons (Fsp3) is 0.350. The van der Waals surface area contributed by atoms with Gasteiger partial charge in [-0.25, -0.2) is 13.4 Å². The van der Waals surface area contributed by atoms with Gasteiger partial charge in [0.1, 0.15) is 6.73 Å². The summed E-state index contributed by atoms with van der Waals surface area (Å²) in [5.41, 5.74) is 2.95. The summed E-state index contributed by atoms with van der Waals surface area (Å²) in [5, 5.41) is 0.521. The lowest BCUT2D eigenvalue weighted by atomic mass is 10.1. The molecule has 9 heteroatoms. The SMILES string of the molecule is C[Si](C)(C)CCOCn1c(S(C)(=O)=O)nc2cc(-c3ccc(Br)cc3)c(Cl)cc21. The molecule has 0 bridgehead atoms. The van der Waals surface area contributed by atoms with E-state index in [1.165, 1.54) is 0 Å². The van der Waals surface area contributed by atoms with E-state index in [2.05, 4.69) is 40.6 Å². The molecular formula is C20H24BrClN2O3SSi. The smallest absolute Gasteiger partial charge is 0.230 e. The Balaban J connectivity index is 2.03. The number of benzene rings is 2. The first-order chi connectivity index (χ1) is 13.5. The van der Waals surface area contributed by atoms with Crippen LogP contribution in [0.3, 0.4) is 0 Å². The Hall–Kier alpha value is -1.19. The van der Waals surface area contributed by atoms with E-state index in [1.54, 1.807) is 10.6 Å². The molecule has 0 saturated heterocycles. The van der Waals surface area contributed by atoms with Crippen LogP contribution in [0.25, 0.3) is 22.2 Å². The van der Waals surface area contributed by atoms with E-state index in [0.717, 1.165) is 27.9 Å². The van der Waals surface area contributed by atoms with Crippen LogP contribution in [0, 0.1) is 0 Å². The van der Waals surface area contributed by atoms with Crippen LogP contribution >= 0.6 is 27.5 Å². The van der Waals surface area contributed by atoms with Crippen LogP contribution < -0.4 is 0 Å². The van der Waals surface area contributed by atoms with Crippen LogP contribution in [0.2, 0.25) is 30.7 Å². The summed E-state index contributed by atoms with van der Waals surface area (Å²) in [6.07, 6.45) is 1.16. The Morgan fingerprint density at radius 3 is 2.41 bits per heavy atom. The maximum absolute atomic E-state index is 12.3. The minimum atomic E-state index is -3.53. The van der Waals surface area contributed by atoms with Crippen molar-refractivity contribution >= 4 is 56.5 Å². The summed E-state index contributed by atoms with van der Waals surface area (Å²) in [7, 11) is -4.76. The van der Waals surface area contributed by atoms with Crippen molar-refractivity contribution in [2.75, 3.05) is 12.9 Å². The summed E-state index contributed by atoms with van der Waals surface area (Å²) < 4.78 is 33.0. The number of nitrogens with zero attached hydrogens (tertiary/aromatic N) is 2. The molecule has 0 atom stereocenters. The highest BCUT2D eigenvalue weighted by Crippen LogP contribution is 2.34. The molecule has 0 unspecified atom stereocenters. The topological polar surface area (TPSA) is 61.2 Å². The highest BCUT2D eigenvalue weighted by atomic mass is 79.9. The molecule has 3 aromatic rings. The molecule has 3 rings (SSSR count). The molecule has 5 nitrogen and oxygen atoms in total. The van der Waals surface area contributed by atoms with Gasteiger partial charge in [0.05, 0.1) is 16.1 Å². The van der Waals surface area contributed by atoms with Crippen molar-refractivity contribution in [3.05, 3.63) is 45.9 Å². The molecule has 0 amide bonds. The monoisotopic (exact) mass is 514 g/mol. The summed E-state index contributed by atoms with van der Waals surface area (Å²) >= 11 is 9.98. The Kier molecular flexibility index (Phi) is 6.60. The lowest BCUT2D eigenvalue weighted by Gasteiger charge is -2.16. The molecule has 0 radical (unpaired) electrons. The van der Waals surface area contributed by atoms with E-state index in [4.69, 9.17) is 16.3 Å². The number of rotatable bonds is 7. The van der Waals surface area contributed by atoms with Gasteiger partial charge >= 0.3 is 0 Å². The quantitative estimate of drug-likeness (QED) is 0.293. The van der Waals surface area contributed by atoms with Gasteiger partial charge in [-0.15, -0.1) is 0 Å². The van der Waals surface area contributed by atoms with Crippen molar-refractivity contribution in [3.8, 4) is 11.1 Å². The van der Waals surface area contributed by atoms with Gasteiger partial charge in [0, 0.05) is 31.0 Å². The summed E-state index contributed by atoms with van der Waals surface area (Å²) in [6, 6.07) is 12.4. The number of aromatic nitrogens is 2. The van der Waals surface area contributed by atoms with E-state index in [9.17, 15) is 8.42 Å². The lowest BCUT2D eigenvalue weighted by Crippen LogP contribution is -2.22. The average Bonchev–Trinajstić information content (AvgIpc) is 2.96. The van der Waals surface area contributed by atoms with Crippen molar-refractivity contribution in [3.63, 3.8) is 0 Å². The number of imidazole rings is 1. The number of sulfone groups is 1. The number of ether oxygens (including phenoxy) is 1. The minimum absolute atomic E-state index is 0.00970. The Bertz CT molecular complexity index is 1140. The van der Waals surface area contributed by atoms with Crippen LogP contribution in [0.15, 0.2) is 46.0 Å². The highest BCUT2D eigenvalue weighted by molar-refractivity contribution is 9.10. The molecule has 0 aliphatic rings. The molecule has 0 saturated carbocycles. The Morgan fingerprint density at radius 1 is 1.17 bits per heavy atom. The third-order valence-electron chi connectivity index (χ3n) is 4.51. The standard InChI is InChI=1S/C20H24BrClN2O3SSi/c1-28(25,26)20-23-18-11-16(14-5-7-15(21)8-6-14)17(22)12-19(18)24(20)13-27-9-10-29(2,3)4/h5-8,11-12H,9-10,13H2,1-4H3. The van der Waals surface area contributed by atoms with Crippen LogP contribution in [0.5, 0.6) is 0 Å². The van der Waals surface area contributed by atoms with Crippen molar-refractivity contribution in [1.29, 1.82) is 0 Å². The maximum Gasteiger partial charge on any atom is 0.230 e. The molecule has 0 aliphatic heterocycles. The van der Waals surface area contributed by atoms with Gasteiger partial charge in [-0.2, -0.15) is 0 Å². The summed E-state index contributed by atoms with van der Waals surface area (Å²) in [6.45, 7) is 7.53. The zero-order valence-electron chi connectivity index (χ0n) is 16.9. The minimum Gasteiger partial charge on any atom is -0.361 e. The normalized spacial score (nSPS) is 12.6. The van der Waals surface area contributed by atoms with Gasteiger partial charge < -0.3 is 4.74 Å². The van der Waals surface area contributed by atoms with Crippen LogP contribution in [0.4, 0.5) is 0 Å². The van der Waals surface area contributed by atoms with Crippen molar-refractivity contribution < 1.29 is 13.2 Å². The largest absolute Gasteiger partial charge is 0.361 e. The van der Waals surface area contributed by atoms with Crippen LogP contribution in [0.1, 0.15) is 0 Å². The predicted octanol–water partition coefficient (Wildman–Crippen LogP) is 5.84. The third-order valence-corrected chi connectivity index (χ3v) is 8.03. The fourth-order valence-corrected chi connectivity index (χ4v) is 5.02. The highest BCUT2D eigenvalue weighted by Gasteiger charge is 2.21. The molecule has 1 aromatic heterocycles. The molecule has 2 aromatic carbocycles. The summed E-state index contributed by atoms with van der Waals surface area (Å²) in [5.74, 6) is 0. The second kappa shape index (κ2) is 8.51. The molecule has 0 spiro atoms. The molecule has 0 fully saturated rings. The van der Waals surface area contributed by atoms with Crippen LogP contribution in [-0.2, 0) is 21.3 Å². The Morgan fingerprint density at radius 2 is 1.83 bits per heavy atom. The summed E-state index contributed by atoms with van der Waals surface area (Å²) in [4.78, 5) is 4.39. The van der Waals surface area contributed by atoms with Gasteiger partial charge in [0.25, 0.3) is 0 Å². The predicted molar refractivity (Wildman–Crippen MR) is 125 cm³/mol. The molecular weight excluding hydrogens is 492 g/mol. The van der Waals surface area contributed by atoms with Gasteiger partial charge in [-0.3, -0.25) is 4.57 Å². The molecule has 1 heterocycles. The first-order valence-electron chi connectivity index (χ1n) is 9.19. The van der Waals surface area contributed by atoms with Gasteiger partial charge in [0.2, 0.25) is 15.0 Å². The van der Waals surface area contributed by atoms with E-state index >= 15 is 0 Å². The van der Waals surface area contributed by atoms with Crippen molar-refractivity contribution in [2.45, 2.75) is 37.6 Å².